The molecule has 3 heteroatoms. The van der Waals surface area contributed by atoms with Gasteiger partial charge in [-0.2, -0.15) is 0 Å². The lowest BCUT2D eigenvalue weighted by atomic mass is 10.0. The Labute approximate surface area is 90.6 Å². The zero-order valence-electron chi connectivity index (χ0n) is 9.30. The van der Waals surface area contributed by atoms with E-state index < -0.39 is 0 Å². The van der Waals surface area contributed by atoms with Crippen LogP contribution in [-0.4, -0.2) is 19.0 Å². The Morgan fingerprint density at radius 1 is 1.40 bits per heavy atom. The summed E-state index contributed by atoms with van der Waals surface area (Å²) in [5.74, 6) is 1.58. The first-order chi connectivity index (χ1) is 7.25. The van der Waals surface area contributed by atoms with Crippen LogP contribution in [0.15, 0.2) is 24.3 Å². The lowest BCUT2D eigenvalue weighted by Crippen LogP contribution is -2.72. The molecule has 0 saturated carbocycles. The summed E-state index contributed by atoms with van der Waals surface area (Å²) in [5.41, 5.74) is 2.50. The maximum Gasteiger partial charge on any atom is 0.348 e. The third kappa shape index (κ3) is 2.49. The highest BCUT2D eigenvalue weighted by Gasteiger charge is 2.12. The summed E-state index contributed by atoms with van der Waals surface area (Å²) in [5, 5.41) is 6.58. The number of benzene rings is 1. The first kappa shape index (κ1) is 10.0. The summed E-state index contributed by atoms with van der Waals surface area (Å²) < 4.78 is 0. The van der Waals surface area contributed by atoms with Gasteiger partial charge in [-0.1, -0.05) is 26.0 Å². The van der Waals surface area contributed by atoms with E-state index in [0.717, 1.165) is 24.7 Å². The molecule has 0 aliphatic carbocycles. The molecule has 1 aliphatic rings. The fourth-order valence-corrected chi connectivity index (χ4v) is 1.65. The van der Waals surface area contributed by atoms with Crippen molar-refractivity contribution in [3.63, 3.8) is 0 Å². The number of anilines is 1. The molecule has 0 fully saturated rings. The average molecular weight is 204 g/mol. The first-order valence-electron chi connectivity index (χ1n) is 5.47. The van der Waals surface area contributed by atoms with Gasteiger partial charge in [0.25, 0.3) is 0 Å². The van der Waals surface area contributed by atoms with Crippen molar-refractivity contribution in [3.05, 3.63) is 29.8 Å². The van der Waals surface area contributed by atoms with Gasteiger partial charge in [0.15, 0.2) is 0 Å². The molecular weight excluding hydrogens is 186 g/mol. The van der Waals surface area contributed by atoms with E-state index in [2.05, 4.69) is 53.7 Å². The average Bonchev–Trinajstić information content (AvgIpc) is 2.71. The van der Waals surface area contributed by atoms with E-state index >= 15 is 0 Å². The number of nitrogens with one attached hydrogen (secondary N) is 3. The minimum atomic E-state index is 0.571. The lowest BCUT2D eigenvalue weighted by molar-refractivity contribution is -0.444. The monoisotopic (exact) mass is 204 g/mol. The summed E-state index contributed by atoms with van der Waals surface area (Å²) in [6.07, 6.45) is 0. The van der Waals surface area contributed by atoms with Crippen molar-refractivity contribution in [1.82, 2.24) is 5.32 Å². The number of rotatable bonds is 2. The maximum absolute atomic E-state index is 3.33. The molecule has 0 bridgehead atoms. The summed E-state index contributed by atoms with van der Waals surface area (Å²) in [4.78, 5) is 3.25. The summed E-state index contributed by atoms with van der Waals surface area (Å²) in [6, 6.07) is 8.53. The minimum absolute atomic E-state index is 0.571. The molecule has 0 atom stereocenters. The molecule has 2 rings (SSSR count). The third-order valence-electron chi connectivity index (χ3n) is 2.55. The largest absolute Gasteiger partial charge is 0.348 e. The molecule has 80 valence electrons. The molecule has 3 N–H and O–H groups in total. The Kier molecular flexibility index (Phi) is 2.90. The Hall–Kier alpha value is -1.51. The van der Waals surface area contributed by atoms with E-state index in [1.54, 1.807) is 0 Å². The van der Waals surface area contributed by atoms with Crippen molar-refractivity contribution in [2.24, 2.45) is 0 Å². The molecule has 1 heterocycles. The second kappa shape index (κ2) is 4.34. The zero-order valence-corrected chi connectivity index (χ0v) is 9.30. The second-order valence-electron chi connectivity index (χ2n) is 4.13. The molecule has 15 heavy (non-hydrogen) atoms. The van der Waals surface area contributed by atoms with Gasteiger partial charge < -0.3 is 0 Å². The van der Waals surface area contributed by atoms with Gasteiger partial charge in [-0.05, 0) is 23.6 Å². The summed E-state index contributed by atoms with van der Waals surface area (Å²) in [7, 11) is 0. The molecule has 1 aliphatic heterocycles. The van der Waals surface area contributed by atoms with Crippen LogP contribution in [0.5, 0.6) is 0 Å². The normalized spacial score (nSPS) is 15.0. The number of hydrogen-bond donors (Lipinski definition) is 3. The summed E-state index contributed by atoms with van der Waals surface area (Å²) >= 11 is 0. The van der Waals surface area contributed by atoms with E-state index in [4.69, 9.17) is 0 Å². The van der Waals surface area contributed by atoms with Crippen LogP contribution in [0, 0.1) is 0 Å². The smallest absolute Gasteiger partial charge is 0.275 e. The van der Waals surface area contributed by atoms with Crippen LogP contribution in [-0.2, 0) is 0 Å². The highest BCUT2D eigenvalue weighted by Crippen LogP contribution is 2.18. The highest BCUT2D eigenvalue weighted by molar-refractivity contribution is 5.89. The van der Waals surface area contributed by atoms with E-state index in [1.165, 1.54) is 5.56 Å². The maximum atomic E-state index is 3.33. The van der Waals surface area contributed by atoms with Gasteiger partial charge in [0.05, 0.1) is 18.8 Å². The van der Waals surface area contributed by atoms with Crippen molar-refractivity contribution < 1.29 is 4.99 Å². The van der Waals surface area contributed by atoms with E-state index in [9.17, 15) is 0 Å². The molecule has 1 aromatic rings. The van der Waals surface area contributed by atoms with Crippen molar-refractivity contribution in [2.75, 3.05) is 18.4 Å². The fourth-order valence-electron chi connectivity index (χ4n) is 1.65. The quantitative estimate of drug-likeness (QED) is 0.646. The third-order valence-corrected chi connectivity index (χ3v) is 2.55. The van der Waals surface area contributed by atoms with Gasteiger partial charge >= 0.3 is 5.96 Å². The van der Waals surface area contributed by atoms with E-state index in [0.29, 0.717) is 5.92 Å². The number of hydrogen-bond acceptors (Lipinski definition) is 2. The molecule has 0 aromatic heterocycles. The van der Waals surface area contributed by atoms with Gasteiger partial charge in [-0.15, -0.1) is 0 Å². The summed E-state index contributed by atoms with van der Waals surface area (Å²) in [6.45, 7) is 6.40. The topological polar surface area (TPSA) is 38.0 Å². The first-order valence-corrected chi connectivity index (χ1v) is 5.47. The van der Waals surface area contributed by atoms with Crippen molar-refractivity contribution >= 4 is 11.6 Å². The van der Waals surface area contributed by atoms with Crippen molar-refractivity contribution in [2.45, 2.75) is 19.8 Å². The van der Waals surface area contributed by atoms with Crippen LogP contribution < -0.4 is 15.6 Å². The molecule has 3 nitrogen and oxygen atoms in total. The predicted molar refractivity (Wildman–Crippen MR) is 63.0 cm³/mol. The van der Waals surface area contributed by atoms with Crippen LogP contribution in [0.1, 0.15) is 25.3 Å². The zero-order chi connectivity index (χ0) is 10.7. The highest BCUT2D eigenvalue weighted by atomic mass is 15.2. The molecule has 0 spiro atoms. The molecule has 0 saturated heterocycles. The fraction of sp³-hybridized carbons (Fsp3) is 0.417. The van der Waals surface area contributed by atoms with Crippen molar-refractivity contribution in [1.29, 1.82) is 0 Å². The van der Waals surface area contributed by atoms with Crippen LogP contribution in [0.25, 0.3) is 0 Å². The molecule has 0 radical (unpaired) electrons. The van der Waals surface area contributed by atoms with Gasteiger partial charge in [-0.25, -0.2) is 5.32 Å². The van der Waals surface area contributed by atoms with Gasteiger partial charge in [-0.3, -0.25) is 10.3 Å². The minimum Gasteiger partial charge on any atom is -0.275 e. The van der Waals surface area contributed by atoms with Crippen molar-refractivity contribution in [3.8, 4) is 0 Å². The number of guanidine groups is 1. The van der Waals surface area contributed by atoms with Crippen LogP contribution >= 0.6 is 0 Å². The standard InChI is InChI=1S/C12H17N3/c1-9(2)10-4-3-5-11(8-10)15-12-13-6-7-14-12/h3-5,8-9H,6-7H2,1-2H3,(H2,13,14,15)/p+1. The SMILES string of the molecule is CC(C)c1cccc(NC2=[NH+]CCN2)c1. The second-order valence-corrected chi connectivity index (χ2v) is 4.13. The Morgan fingerprint density at radius 2 is 2.27 bits per heavy atom. The predicted octanol–water partition coefficient (Wildman–Crippen LogP) is 0.262. The van der Waals surface area contributed by atoms with E-state index in [1.807, 2.05) is 0 Å². The molecule has 1 aromatic carbocycles. The van der Waals surface area contributed by atoms with Gasteiger partial charge in [0.1, 0.15) is 0 Å². The Balaban J connectivity index is 2.11. The lowest BCUT2D eigenvalue weighted by Gasteiger charge is -2.06. The molecule has 0 unspecified atom stereocenters. The van der Waals surface area contributed by atoms with Crippen LogP contribution in [0.2, 0.25) is 0 Å². The molecular formula is C12H18N3+. The van der Waals surface area contributed by atoms with Crippen LogP contribution in [0.4, 0.5) is 5.69 Å². The van der Waals surface area contributed by atoms with E-state index in [-0.39, 0.29) is 0 Å². The van der Waals surface area contributed by atoms with Gasteiger partial charge in [0, 0.05) is 0 Å². The molecule has 0 amide bonds. The van der Waals surface area contributed by atoms with Gasteiger partial charge in [0.2, 0.25) is 0 Å². The Morgan fingerprint density at radius 3 is 2.93 bits per heavy atom. The Bertz CT molecular complexity index is 369. The van der Waals surface area contributed by atoms with Crippen LogP contribution in [0.3, 0.4) is 0 Å².